The van der Waals surface area contributed by atoms with Crippen molar-refractivity contribution < 1.29 is 13.2 Å². The first-order valence-electron chi connectivity index (χ1n) is 3.29. The lowest BCUT2D eigenvalue weighted by Gasteiger charge is -2.17. The highest BCUT2D eigenvalue weighted by molar-refractivity contribution is 5.85. The van der Waals surface area contributed by atoms with E-state index in [1.807, 2.05) is 0 Å². The van der Waals surface area contributed by atoms with Crippen molar-refractivity contribution in [1.29, 1.82) is 0 Å². The Balaban J connectivity index is 0.000001000. The molecule has 0 saturated carbocycles. The SMILES string of the molecule is CC1CNCC1C(F)(F)F.Cl. The highest BCUT2D eigenvalue weighted by Gasteiger charge is 2.44. The fourth-order valence-electron chi connectivity index (χ4n) is 1.25. The van der Waals surface area contributed by atoms with E-state index < -0.39 is 12.1 Å². The molecule has 1 N–H and O–H groups in total. The molecule has 0 spiro atoms. The summed E-state index contributed by atoms with van der Waals surface area (Å²) in [7, 11) is 0. The van der Waals surface area contributed by atoms with Gasteiger partial charge in [-0.25, -0.2) is 0 Å². The molecule has 11 heavy (non-hydrogen) atoms. The van der Waals surface area contributed by atoms with Crippen LogP contribution in [0.15, 0.2) is 0 Å². The normalized spacial score (nSPS) is 31.6. The predicted octanol–water partition coefficient (Wildman–Crippen LogP) is 1.83. The summed E-state index contributed by atoms with van der Waals surface area (Å²) in [5.74, 6) is -1.40. The minimum absolute atomic E-state index is 0. The van der Waals surface area contributed by atoms with Crippen molar-refractivity contribution >= 4 is 12.4 Å². The average Bonchev–Trinajstić information content (AvgIpc) is 2.11. The van der Waals surface area contributed by atoms with Crippen LogP contribution in [0.25, 0.3) is 0 Å². The number of halogens is 4. The molecule has 5 heteroatoms. The Bertz CT molecular complexity index is 125. The maximum atomic E-state index is 12.0. The molecular weight excluding hydrogens is 179 g/mol. The van der Waals surface area contributed by atoms with E-state index in [1.165, 1.54) is 0 Å². The molecule has 0 bridgehead atoms. The van der Waals surface area contributed by atoms with Gasteiger partial charge in [-0.1, -0.05) is 6.92 Å². The molecule has 0 aromatic carbocycles. The smallest absolute Gasteiger partial charge is 0.316 e. The Morgan fingerprint density at radius 2 is 1.82 bits per heavy atom. The summed E-state index contributed by atoms with van der Waals surface area (Å²) in [4.78, 5) is 0. The van der Waals surface area contributed by atoms with E-state index in [0.717, 1.165) is 0 Å². The van der Waals surface area contributed by atoms with Crippen molar-refractivity contribution in [3.63, 3.8) is 0 Å². The van der Waals surface area contributed by atoms with Crippen LogP contribution in [0.4, 0.5) is 13.2 Å². The zero-order valence-electron chi connectivity index (χ0n) is 6.11. The quantitative estimate of drug-likeness (QED) is 0.613. The summed E-state index contributed by atoms with van der Waals surface area (Å²) in [6, 6.07) is 0. The molecule has 1 aliphatic heterocycles. The summed E-state index contributed by atoms with van der Waals surface area (Å²) >= 11 is 0. The van der Waals surface area contributed by atoms with Crippen molar-refractivity contribution in [2.24, 2.45) is 11.8 Å². The number of nitrogens with one attached hydrogen (secondary N) is 1. The molecule has 2 atom stereocenters. The second-order valence-corrected chi connectivity index (χ2v) is 2.78. The summed E-state index contributed by atoms with van der Waals surface area (Å²) < 4.78 is 35.9. The van der Waals surface area contributed by atoms with Gasteiger partial charge in [0.2, 0.25) is 0 Å². The van der Waals surface area contributed by atoms with Gasteiger partial charge >= 0.3 is 6.18 Å². The Kier molecular flexibility index (Phi) is 3.64. The van der Waals surface area contributed by atoms with Crippen LogP contribution in [-0.4, -0.2) is 19.3 Å². The Morgan fingerprint density at radius 3 is 2.00 bits per heavy atom. The van der Waals surface area contributed by atoms with Gasteiger partial charge in [-0.05, 0) is 12.5 Å². The minimum Gasteiger partial charge on any atom is -0.316 e. The Morgan fingerprint density at radius 1 is 1.27 bits per heavy atom. The fraction of sp³-hybridized carbons (Fsp3) is 1.00. The lowest BCUT2D eigenvalue weighted by atomic mass is 9.98. The van der Waals surface area contributed by atoms with E-state index in [1.54, 1.807) is 6.92 Å². The molecule has 1 rings (SSSR count). The highest BCUT2D eigenvalue weighted by Crippen LogP contribution is 2.33. The minimum atomic E-state index is -4.01. The molecule has 0 aromatic heterocycles. The maximum Gasteiger partial charge on any atom is 0.393 e. The number of hydrogen-bond acceptors (Lipinski definition) is 1. The third-order valence-corrected chi connectivity index (χ3v) is 1.94. The van der Waals surface area contributed by atoms with E-state index >= 15 is 0 Å². The molecule has 0 amide bonds. The van der Waals surface area contributed by atoms with Crippen molar-refractivity contribution in [1.82, 2.24) is 5.32 Å². The largest absolute Gasteiger partial charge is 0.393 e. The van der Waals surface area contributed by atoms with Crippen LogP contribution in [0.3, 0.4) is 0 Å². The Hall–Kier alpha value is 0.0400. The summed E-state index contributed by atoms with van der Waals surface area (Å²) in [5, 5.41) is 2.71. The highest BCUT2D eigenvalue weighted by atomic mass is 35.5. The van der Waals surface area contributed by atoms with Crippen LogP contribution < -0.4 is 5.32 Å². The average molecular weight is 190 g/mol. The lowest BCUT2D eigenvalue weighted by Crippen LogP contribution is -2.28. The zero-order chi connectivity index (χ0) is 7.78. The first kappa shape index (κ1) is 11.0. The second-order valence-electron chi connectivity index (χ2n) is 2.78. The third kappa shape index (κ3) is 2.52. The van der Waals surface area contributed by atoms with Crippen LogP contribution in [0.1, 0.15) is 6.92 Å². The second kappa shape index (κ2) is 3.63. The van der Waals surface area contributed by atoms with Gasteiger partial charge in [-0.2, -0.15) is 13.2 Å². The third-order valence-electron chi connectivity index (χ3n) is 1.94. The van der Waals surface area contributed by atoms with Crippen LogP contribution in [0, 0.1) is 11.8 Å². The van der Waals surface area contributed by atoms with Gasteiger partial charge in [-0.15, -0.1) is 12.4 Å². The van der Waals surface area contributed by atoms with Gasteiger partial charge in [0.1, 0.15) is 0 Å². The molecule has 2 unspecified atom stereocenters. The molecule has 1 heterocycles. The summed E-state index contributed by atoms with van der Waals surface area (Å²) in [5.41, 5.74) is 0. The molecule has 1 nitrogen and oxygen atoms in total. The zero-order valence-corrected chi connectivity index (χ0v) is 6.93. The Labute approximate surface area is 69.8 Å². The van der Waals surface area contributed by atoms with Crippen LogP contribution in [0.5, 0.6) is 0 Å². The van der Waals surface area contributed by atoms with Crippen molar-refractivity contribution in [3.05, 3.63) is 0 Å². The number of alkyl halides is 3. The van der Waals surface area contributed by atoms with E-state index in [0.29, 0.717) is 6.54 Å². The molecule has 0 aromatic rings. The number of hydrogen-bond donors (Lipinski definition) is 1. The van der Waals surface area contributed by atoms with E-state index in [4.69, 9.17) is 0 Å². The van der Waals surface area contributed by atoms with Crippen molar-refractivity contribution in [2.75, 3.05) is 13.1 Å². The van der Waals surface area contributed by atoms with Crippen molar-refractivity contribution in [3.8, 4) is 0 Å². The van der Waals surface area contributed by atoms with Crippen LogP contribution >= 0.6 is 12.4 Å². The predicted molar refractivity (Wildman–Crippen MR) is 38.8 cm³/mol. The van der Waals surface area contributed by atoms with E-state index in [2.05, 4.69) is 5.32 Å². The molecule has 0 aliphatic carbocycles. The van der Waals surface area contributed by atoms with Gasteiger partial charge < -0.3 is 5.32 Å². The molecule has 1 aliphatic rings. The topological polar surface area (TPSA) is 12.0 Å². The van der Waals surface area contributed by atoms with E-state index in [-0.39, 0.29) is 24.9 Å². The molecule has 1 saturated heterocycles. The summed E-state index contributed by atoms with van der Waals surface area (Å²) in [6.45, 7) is 2.20. The maximum absolute atomic E-state index is 12.0. The van der Waals surface area contributed by atoms with Crippen LogP contribution in [0.2, 0.25) is 0 Å². The van der Waals surface area contributed by atoms with Gasteiger partial charge in [0.25, 0.3) is 0 Å². The molecule has 1 fully saturated rings. The van der Waals surface area contributed by atoms with Gasteiger partial charge in [0.05, 0.1) is 5.92 Å². The molecule has 68 valence electrons. The fourth-order valence-corrected chi connectivity index (χ4v) is 1.25. The summed E-state index contributed by atoms with van der Waals surface area (Å²) in [6.07, 6.45) is -4.01. The first-order valence-corrected chi connectivity index (χ1v) is 3.29. The van der Waals surface area contributed by atoms with Crippen LogP contribution in [-0.2, 0) is 0 Å². The number of rotatable bonds is 0. The molecular formula is C6H11ClF3N. The van der Waals surface area contributed by atoms with Crippen molar-refractivity contribution in [2.45, 2.75) is 13.1 Å². The lowest BCUT2D eigenvalue weighted by molar-refractivity contribution is -0.177. The van der Waals surface area contributed by atoms with Gasteiger partial charge in [-0.3, -0.25) is 0 Å². The van der Waals surface area contributed by atoms with Gasteiger partial charge in [0.15, 0.2) is 0 Å². The first-order chi connectivity index (χ1) is 4.52. The molecule has 0 radical (unpaired) electrons. The van der Waals surface area contributed by atoms with E-state index in [9.17, 15) is 13.2 Å². The monoisotopic (exact) mass is 189 g/mol. The van der Waals surface area contributed by atoms with Gasteiger partial charge in [0, 0.05) is 6.54 Å². The standard InChI is InChI=1S/C6H10F3N.ClH/c1-4-2-10-3-5(4)6(7,8)9;/h4-5,10H,2-3H2,1H3;1H.